The maximum Gasteiger partial charge on any atom is 0.442 e. The summed E-state index contributed by atoms with van der Waals surface area (Å²) in [6.07, 6.45) is 0. The molecule has 0 aliphatic carbocycles. The lowest BCUT2D eigenvalue weighted by Gasteiger charge is -2.15. The van der Waals surface area contributed by atoms with E-state index in [1.807, 2.05) is 6.92 Å². The zero-order valence-electron chi connectivity index (χ0n) is 10.7. The van der Waals surface area contributed by atoms with E-state index in [-0.39, 0.29) is 11.8 Å². The number of halogens is 3. The molecule has 1 aromatic carbocycles. The van der Waals surface area contributed by atoms with Crippen molar-refractivity contribution in [1.29, 1.82) is 0 Å². The number of rotatable bonds is 4. The van der Waals surface area contributed by atoms with Gasteiger partial charge in [0.1, 0.15) is 5.75 Å². The van der Waals surface area contributed by atoms with E-state index in [1.54, 1.807) is 18.2 Å². The van der Waals surface area contributed by atoms with Crippen LogP contribution in [0.3, 0.4) is 0 Å². The van der Waals surface area contributed by atoms with Crippen LogP contribution in [0.15, 0.2) is 18.2 Å². The minimum atomic E-state index is -4.44. The molecule has 0 aromatic heterocycles. The first-order valence-electron chi connectivity index (χ1n) is 5.43. The number of aryl methyl sites for hydroxylation is 1. The van der Waals surface area contributed by atoms with Crippen LogP contribution in [0.5, 0.6) is 5.75 Å². The fraction of sp³-hybridized carbons (Fsp3) is 0.417. The molecule has 1 N–H and O–H groups in total. The third-order valence-electron chi connectivity index (χ3n) is 2.29. The van der Waals surface area contributed by atoms with Gasteiger partial charge < -0.3 is 10.1 Å². The fourth-order valence-corrected chi connectivity index (χ4v) is 1.97. The van der Waals surface area contributed by atoms with Gasteiger partial charge in [0.25, 0.3) is 0 Å². The number of methoxy groups -OCH3 is 1. The van der Waals surface area contributed by atoms with E-state index in [4.69, 9.17) is 4.74 Å². The SMILES string of the molecule is COc1ccc(C)cc1NC(=O)[C@H](C)SC(F)(F)F. The second-order valence-electron chi connectivity index (χ2n) is 3.90. The third-order valence-corrected chi connectivity index (χ3v) is 3.13. The molecule has 19 heavy (non-hydrogen) atoms. The molecule has 106 valence electrons. The largest absolute Gasteiger partial charge is 0.495 e. The highest BCUT2D eigenvalue weighted by atomic mass is 32.2. The van der Waals surface area contributed by atoms with Gasteiger partial charge in [0.05, 0.1) is 18.0 Å². The standard InChI is InChI=1S/C12H14F3NO2S/c1-7-4-5-10(18-3)9(6-7)16-11(17)8(2)19-12(13,14)15/h4-6,8H,1-3H3,(H,16,17)/t8-/m0/s1. The summed E-state index contributed by atoms with van der Waals surface area (Å²) >= 11 is -0.351. The molecule has 0 aliphatic rings. The van der Waals surface area contributed by atoms with Crippen molar-refractivity contribution >= 4 is 23.4 Å². The van der Waals surface area contributed by atoms with Gasteiger partial charge in [-0.05, 0) is 43.3 Å². The molecular formula is C12H14F3NO2S. The second-order valence-corrected chi connectivity index (χ2v) is 5.30. The van der Waals surface area contributed by atoms with Crippen LogP contribution in [0.1, 0.15) is 12.5 Å². The molecule has 0 spiro atoms. The first-order chi connectivity index (χ1) is 8.73. The molecule has 0 heterocycles. The first-order valence-corrected chi connectivity index (χ1v) is 6.31. The Kier molecular flexibility index (Phi) is 5.11. The molecule has 3 nitrogen and oxygen atoms in total. The molecule has 0 aliphatic heterocycles. The molecule has 1 aromatic rings. The maximum absolute atomic E-state index is 12.2. The van der Waals surface area contributed by atoms with Crippen molar-refractivity contribution in [3.8, 4) is 5.75 Å². The van der Waals surface area contributed by atoms with Gasteiger partial charge in [-0.3, -0.25) is 4.79 Å². The third kappa shape index (κ3) is 5.02. The van der Waals surface area contributed by atoms with Gasteiger partial charge in [0.2, 0.25) is 5.91 Å². The number of nitrogens with one attached hydrogen (secondary N) is 1. The van der Waals surface area contributed by atoms with Gasteiger partial charge in [-0.15, -0.1) is 0 Å². The zero-order valence-corrected chi connectivity index (χ0v) is 11.5. The summed E-state index contributed by atoms with van der Waals surface area (Å²) in [4.78, 5) is 11.7. The molecule has 0 fully saturated rings. The van der Waals surface area contributed by atoms with Gasteiger partial charge in [-0.1, -0.05) is 6.07 Å². The van der Waals surface area contributed by atoms with Gasteiger partial charge >= 0.3 is 5.51 Å². The van der Waals surface area contributed by atoms with Gasteiger partial charge in [0, 0.05) is 0 Å². The fourth-order valence-electron chi connectivity index (χ4n) is 1.41. The monoisotopic (exact) mass is 293 g/mol. The van der Waals surface area contributed by atoms with Gasteiger partial charge in [-0.25, -0.2) is 0 Å². The Bertz CT molecular complexity index is 463. The Morgan fingerprint density at radius 2 is 2.05 bits per heavy atom. The number of carbonyl (C=O) groups is 1. The Hall–Kier alpha value is -1.37. The quantitative estimate of drug-likeness (QED) is 0.922. The lowest BCUT2D eigenvalue weighted by Crippen LogP contribution is -2.25. The number of benzene rings is 1. The highest BCUT2D eigenvalue weighted by Gasteiger charge is 2.34. The molecule has 1 amide bonds. The summed E-state index contributed by atoms with van der Waals surface area (Å²) in [7, 11) is 1.42. The summed E-state index contributed by atoms with van der Waals surface area (Å²) in [6.45, 7) is 3.01. The predicted molar refractivity (Wildman–Crippen MR) is 69.5 cm³/mol. The molecule has 0 saturated carbocycles. The van der Waals surface area contributed by atoms with E-state index >= 15 is 0 Å². The van der Waals surface area contributed by atoms with Crippen LogP contribution in [-0.2, 0) is 4.79 Å². The number of hydrogen-bond donors (Lipinski definition) is 1. The average Bonchev–Trinajstić information content (AvgIpc) is 2.27. The van der Waals surface area contributed by atoms with Crippen LogP contribution in [0.2, 0.25) is 0 Å². The van der Waals surface area contributed by atoms with Crippen molar-refractivity contribution in [1.82, 2.24) is 0 Å². The minimum Gasteiger partial charge on any atom is -0.495 e. The molecule has 7 heteroatoms. The van der Waals surface area contributed by atoms with E-state index in [1.165, 1.54) is 14.0 Å². The Morgan fingerprint density at radius 1 is 1.42 bits per heavy atom. The van der Waals surface area contributed by atoms with Gasteiger partial charge in [0.15, 0.2) is 0 Å². The molecule has 1 atom stereocenters. The second kappa shape index (κ2) is 6.18. The van der Waals surface area contributed by atoms with Crippen molar-refractivity contribution < 1.29 is 22.7 Å². The highest BCUT2D eigenvalue weighted by molar-refractivity contribution is 8.01. The Morgan fingerprint density at radius 3 is 2.58 bits per heavy atom. The van der Waals surface area contributed by atoms with E-state index in [0.717, 1.165) is 5.56 Å². The molecule has 0 unspecified atom stereocenters. The molecule has 1 rings (SSSR count). The van der Waals surface area contributed by atoms with Crippen LogP contribution < -0.4 is 10.1 Å². The maximum atomic E-state index is 12.2. The lowest BCUT2D eigenvalue weighted by molar-refractivity contribution is -0.115. The summed E-state index contributed by atoms with van der Waals surface area (Å²) in [5.74, 6) is -0.311. The van der Waals surface area contributed by atoms with E-state index in [0.29, 0.717) is 11.4 Å². The molecule has 0 saturated heterocycles. The minimum absolute atomic E-state index is 0.351. The van der Waals surface area contributed by atoms with Crippen LogP contribution in [0.4, 0.5) is 18.9 Å². The number of ether oxygens (including phenoxy) is 1. The number of thioether (sulfide) groups is 1. The van der Waals surface area contributed by atoms with E-state index < -0.39 is 16.7 Å². The molecule has 0 radical (unpaired) electrons. The normalized spacial score (nSPS) is 12.9. The number of amides is 1. The van der Waals surface area contributed by atoms with Crippen molar-refractivity contribution in [3.63, 3.8) is 0 Å². The predicted octanol–water partition coefficient (Wildman–Crippen LogP) is 3.58. The first kappa shape index (κ1) is 15.7. The van der Waals surface area contributed by atoms with Crippen LogP contribution in [0, 0.1) is 6.92 Å². The van der Waals surface area contributed by atoms with E-state index in [9.17, 15) is 18.0 Å². The highest BCUT2D eigenvalue weighted by Crippen LogP contribution is 2.34. The lowest BCUT2D eigenvalue weighted by atomic mass is 10.2. The van der Waals surface area contributed by atoms with Crippen LogP contribution in [-0.4, -0.2) is 23.8 Å². The van der Waals surface area contributed by atoms with Crippen molar-refractivity contribution in [2.75, 3.05) is 12.4 Å². The average molecular weight is 293 g/mol. The summed E-state index contributed by atoms with van der Waals surface area (Å²) in [5.41, 5.74) is -3.21. The van der Waals surface area contributed by atoms with E-state index in [2.05, 4.69) is 5.32 Å². The van der Waals surface area contributed by atoms with Crippen molar-refractivity contribution in [2.24, 2.45) is 0 Å². The zero-order chi connectivity index (χ0) is 14.6. The topological polar surface area (TPSA) is 38.3 Å². The van der Waals surface area contributed by atoms with Crippen LogP contribution >= 0.6 is 11.8 Å². The number of hydrogen-bond acceptors (Lipinski definition) is 3. The summed E-state index contributed by atoms with van der Waals surface area (Å²) < 4.78 is 41.6. The number of anilines is 1. The summed E-state index contributed by atoms with van der Waals surface area (Å²) in [6, 6.07) is 5.07. The molecular weight excluding hydrogens is 279 g/mol. The number of alkyl halides is 3. The van der Waals surface area contributed by atoms with Crippen LogP contribution in [0.25, 0.3) is 0 Å². The van der Waals surface area contributed by atoms with Crippen molar-refractivity contribution in [2.45, 2.75) is 24.6 Å². The van der Waals surface area contributed by atoms with Gasteiger partial charge in [-0.2, -0.15) is 13.2 Å². The Labute approximate surface area is 113 Å². The molecule has 0 bridgehead atoms. The van der Waals surface area contributed by atoms with Crippen molar-refractivity contribution in [3.05, 3.63) is 23.8 Å². The number of carbonyl (C=O) groups excluding carboxylic acids is 1. The Balaban J connectivity index is 2.79. The smallest absolute Gasteiger partial charge is 0.442 e. The summed E-state index contributed by atoms with van der Waals surface area (Å²) in [5, 5.41) is 1.21.